The van der Waals surface area contributed by atoms with E-state index in [1.807, 2.05) is 54.7 Å². The molecule has 1 aliphatic rings. The van der Waals surface area contributed by atoms with Gasteiger partial charge in [0.1, 0.15) is 0 Å². The number of carbonyl (C=O) groups is 1. The monoisotopic (exact) mass is 428 g/mol. The molecule has 1 fully saturated rings. The molecule has 0 aliphatic carbocycles. The maximum atomic E-state index is 11.5. The molecule has 0 atom stereocenters. The van der Waals surface area contributed by atoms with E-state index in [-0.39, 0.29) is 5.91 Å². The maximum Gasteiger partial charge on any atom is 0.221 e. The first-order valence-corrected chi connectivity index (χ1v) is 10.6. The molecule has 0 radical (unpaired) electrons. The number of para-hydroxylation sites is 1. The average molecular weight is 428 g/mol. The zero-order valence-corrected chi connectivity index (χ0v) is 17.8. The number of hydrogen-bond acceptors (Lipinski definition) is 6. The van der Waals surface area contributed by atoms with Crippen molar-refractivity contribution in [3.05, 3.63) is 73.1 Å². The van der Waals surface area contributed by atoms with Gasteiger partial charge in [-0.2, -0.15) is 5.10 Å². The number of hydrogen-bond donors (Lipinski definition) is 1. The van der Waals surface area contributed by atoms with Gasteiger partial charge in [-0.25, -0.2) is 14.5 Å². The number of nitrogens with one attached hydrogen (secondary N) is 1. The van der Waals surface area contributed by atoms with Crippen molar-refractivity contribution in [2.75, 3.05) is 36.6 Å². The van der Waals surface area contributed by atoms with Gasteiger partial charge >= 0.3 is 0 Å². The topological polar surface area (TPSA) is 75.0 Å². The van der Waals surface area contributed by atoms with Crippen LogP contribution in [0.5, 0.6) is 0 Å². The Hall–Kier alpha value is -3.75. The van der Waals surface area contributed by atoms with Crippen LogP contribution in [0.25, 0.3) is 16.8 Å². The van der Waals surface area contributed by atoms with Gasteiger partial charge in [-0.05, 0) is 29.8 Å². The molecule has 4 aromatic rings. The van der Waals surface area contributed by atoms with E-state index in [0.717, 1.165) is 47.1 Å². The lowest BCUT2D eigenvalue weighted by atomic mass is 10.1. The fourth-order valence-electron chi connectivity index (χ4n) is 3.91. The first-order valence-electron chi connectivity index (χ1n) is 10.6. The third-order valence-corrected chi connectivity index (χ3v) is 5.34. The molecule has 3 heterocycles. The molecule has 0 spiro atoms. The molecule has 8 nitrogen and oxygen atoms in total. The summed E-state index contributed by atoms with van der Waals surface area (Å²) in [5.74, 6) is 0.705. The Morgan fingerprint density at radius 2 is 1.88 bits per heavy atom. The lowest BCUT2D eigenvalue weighted by Crippen LogP contribution is -2.47. The van der Waals surface area contributed by atoms with Crippen molar-refractivity contribution in [2.45, 2.75) is 6.92 Å². The Balaban J connectivity index is 1.58. The first kappa shape index (κ1) is 20.2. The van der Waals surface area contributed by atoms with Gasteiger partial charge in [-0.15, -0.1) is 0 Å². The third kappa shape index (κ3) is 4.05. The predicted octanol–water partition coefficient (Wildman–Crippen LogP) is 3.74. The average Bonchev–Trinajstić information content (AvgIpc) is 3.24. The molecule has 32 heavy (non-hydrogen) atoms. The molecular formula is C24H24N6O2. The second kappa shape index (κ2) is 8.78. The molecule has 2 aromatic carbocycles. The lowest BCUT2D eigenvalue weighted by Gasteiger charge is -2.38. The Kier molecular flexibility index (Phi) is 5.53. The number of carbonyl (C=O) groups excluding carboxylic acids is 1. The lowest BCUT2D eigenvalue weighted by molar-refractivity contribution is -0.114. The molecule has 5 rings (SSSR count). The maximum absolute atomic E-state index is 11.5. The summed E-state index contributed by atoms with van der Waals surface area (Å²) < 4.78 is 7.33. The summed E-state index contributed by atoms with van der Waals surface area (Å²) in [6.45, 7) is 4.43. The molecule has 0 saturated carbocycles. The van der Waals surface area contributed by atoms with E-state index < -0.39 is 0 Å². The Morgan fingerprint density at radius 1 is 1.06 bits per heavy atom. The number of morpholine rings is 1. The largest absolute Gasteiger partial charge is 0.379 e. The molecule has 1 aliphatic heterocycles. The zero-order chi connectivity index (χ0) is 21.9. The van der Waals surface area contributed by atoms with Crippen molar-refractivity contribution in [2.24, 2.45) is 0 Å². The molecular weight excluding hydrogens is 404 g/mol. The number of benzene rings is 2. The van der Waals surface area contributed by atoms with Gasteiger partial charge in [0.2, 0.25) is 5.91 Å². The van der Waals surface area contributed by atoms with Gasteiger partial charge in [-0.3, -0.25) is 9.80 Å². The first-order chi connectivity index (χ1) is 15.7. The van der Waals surface area contributed by atoms with Crippen molar-refractivity contribution in [1.29, 1.82) is 0 Å². The van der Waals surface area contributed by atoms with Gasteiger partial charge < -0.3 is 10.1 Å². The van der Waals surface area contributed by atoms with Crippen LogP contribution in [-0.4, -0.2) is 51.8 Å². The minimum absolute atomic E-state index is 0.105. The predicted molar refractivity (Wildman–Crippen MR) is 124 cm³/mol. The van der Waals surface area contributed by atoms with E-state index in [4.69, 9.17) is 9.72 Å². The highest BCUT2D eigenvalue weighted by atomic mass is 16.5. The van der Waals surface area contributed by atoms with E-state index in [2.05, 4.69) is 32.6 Å². The van der Waals surface area contributed by atoms with E-state index in [1.165, 1.54) is 6.92 Å². The fraction of sp³-hybridized carbons (Fsp3) is 0.208. The normalized spacial score (nSPS) is 14.4. The Morgan fingerprint density at radius 3 is 2.66 bits per heavy atom. The van der Waals surface area contributed by atoms with Crippen LogP contribution in [0.3, 0.4) is 0 Å². The van der Waals surface area contributed by atoms with Crippen LogP contribution in [0.2, 0.25) is 0 Å². The van der Waals surface area contributed by atoms with Crippen molar-refractivity contribution in [3.63, 3.8) is 0 Å². The smallest absolute Gasteiger partial charge is 0.221 e. The van der Waals surface area contributed by atoms with E-state index in [0.29, 0.717) is 13.2 Å². The number of fused-ring (bicyclic) bond motifs is 1. The van der Waals surface area contributed by atoms with Crippen molar-refractivity contribution in [3.8, 4) is 11.1 Å². The number of amides is 1. The minimum Gasteiger partial charge on any atom is -0.379 e. The van der Waals surface area contributed by atoms with Crippen LogP contribution in [0, 0.1) is 0 Å². The Labute approximate surface area is 186 Å². The van der Waals surface area contributed by atoms with Gasteiger partial charge in [0, 0.05) is 43.5 Å². The number of aromatic nitrogens is 3. The molecule has 162 valence electrons. The zero-order valence-electron chi connectivity index (χ0n) is 17.8. The SMILES string of the molecule is CC(=O)Nc1cccc(-c2cnn3ccc(N(c4ccccc4)N4CCOCC4)nc23)c1. The number of rotatable bonds is 5. The van der Waals surface area contributed by atoms with E-state index in [9.17, 15) is 4.79 Å². The van der Waals surface area contributed by atoms with Crippen LogP contribution in [0.4, 0.5) is 17.2 Å². The highest BCUT2D eigenvalue weighted by Crippen LogP contribution is 2.30. The minimum atomic E-state index is -0.105. The van der Waals surface area contributed by atoms with E-state index >= 15 is 0 Å². The van der Waals surface area contributed by atoms with Gasteiger partial charge in [0.25, 0.3) is 0 Å². The molecule has 0 bridgehead atoms. The summed E-state index contributed by atoms with van der Waals surface area (Å²) in [5, 5.41) is 11.7. The molecule has 1 amide bonds. The van der Waals surface area contributed by atoms with Crippen LogP contribution in [0.15, 0.2) is 73.1 Å². The van der Waals surface area contributed by atoms with Crippen molar-refractivity contribution >= 4 is 28.7 Å². The summed E-state index contributed by atoms with van der Waals surface area (Å²) in [5.41, 5.74) is 4.36. The number of hydrazine groups is 1. The highest BCUT2D eigenvalue weighted by Gasteiger charge is 2.23. The molecule has 1 saturated heterocycles. The Bertz CT molecular complexity index is 1230. The van der Waals surface area contributed by atoms with Gasteiger partial charge in [0.15, 0.2) is 11.5 Å². The highest BCUT2D eigenvalue weighted by molar-refractivity contribution is 5.90. The number of ether oxygens (including phenoxy) is 1. The van der Waals surface area contributed by atoms with Crippen LogP contribution in [-0.2, 0) is 9.53 Å². The van der Waals surface area contributed by atoms with Crippen LogP contribution < -0.4 is 10.3 Å². The van der Waals surface area contributed by atoms with Crippen LogP contribution >= 0.6 is 0 Å². The standard InChI is InChI=1S/C24H24N6O2/c1-18(31)26-20-7-5-6-19(16-20)22-17-25-29-11-10-23(27-24(22)29)30(21-8-3-2-4-9-21)28-12-14-32-15-13-28/h2-11,16-17H,12-15H2,1H3,(H,26,31). The molecule has 2 aromatic heterocycles. The quantitative estimate of drug-likeness (QED) is 0.522. The van der Waals surface area contributed by atoms with Crippen molar-refractivity contribution in [1.82, 2.24) is 19.6 Å². The van der Waals surface area contributed by atoms with Crippen molar-refractivity contribution < 1.29 is 9.53 Å². The fourth-order valence-corrected chi connectivity index (χ4v) is 3.91. The van der Waals surface area contributed by atoms with Gasteiger partial charge in [-0.1, -0.05) is 30.3 Å². The molecule has 0 unspecified atom stereocenters. The molecule has 8 heteroatoms. The second-order valence-corrected chi connectivity index (χ2v) is 7.59. The van der Waals surface area contributed by atoms with Gasteiger partial charge in [0.05, 0.1) is 25.1 Å². The third-order valence-electron chi connectivity index (χ3n) is 5.34. The summed E-state index contributed by atoms with van der Waals surface area (Å²) in [4.78, 5) is 16.5. The summed E-state index contributed by atoms with van der Waals surface area (Å²) in [6.07, 6.45) is 3.73. The summed E-state index contributed by atoms with van der Waals surface area (Å²) >= 11 is 0. The van der Waals surface area contributed by atoms with Crippen LogP contribution in [0.1, 0.15) is 6.92 Å². The number of anilines is 3. The van der Waals surface area contributed by atoms with E-state index in [1.54, 1.807) is 10.7 Å². The second-order valence-electron chi connectivity index (χ2n) is 7.59. The summed E-state index contributed by atoms with van der Waals surface area (Å²) in [6, 6.07) is 19.9. The summed E-state index contributed by atoms with van der Waals surface area (Å²) in [7, 11) is 0. The number of nitrogens with zero attached hydrogens (tertiary/aromatic N) is 5. The molecule has 1 N–H and O–H groups in total.